The zero-order chi connectivity index (χ0) is 23.9. The zero-order valence-electron chi connectivity index (χ0n) is 20.0. The van der Waals surface area contributed by atoms with E-state index in [2.05, 4.69) is 62.9 Å². The Morgan fingerprint density at radius 1 is 1.00 bits per heavy atom. The summed E-state index contributed by atoms with van der Waals surface area (Å²) in [6.07, 6.45) is 0.759. The van der Waals surface area contributed by atoms with Gasteiger partial charge in [-0.05, 0) is 67.3 Å². The number of likely N-dealkylation sites (tertiary alicyclic amines) is 1. The number of fused-ring (bicyclic) bond motifs is 2. The average molecular weight is 458 g/mol. The van der Waals surface area contributed by atoms with Crippen molar-refractivity contribution in [1.29, 1.82) is 0 Å². The summed E-state index contributed by atoms with van der Waals surface area (Å²) in [6.45, 7) is 11.0. The Hall–Kier alpha value is -2.11. The highest BCUT2D eigenvalue weighted by Gasteiger charge is 2.43. The van der Waals surface area contributed by atoms with E-state index in [-0.39, 0.29) is 17.1 Å². The molecular weight excluding hydrogens is 423 g/mol. The van der Waals surface area contributed by atoms with Gasteiger partial charge in [0.05, 0.1) is 17.8 Å². The number of rotatable bonds is 5. The van der Waals surface area contributed by atoms with E-state index in [1.807, 2.05) is 0 Å². The van der Waals surface area contributed by atoms with Crippen LogP contribution in [0.4, 0.5) is 13.2 Å². The summed E-state index contributed by atoms with van der Waals surface area (Å²) < 4.78 is 45.4. The van der Waals surface area contributed by atoms with E-state index in [1.165, 1.54) is 28.8 Å². The molecule has 1 spiro atoms. The summed E-state index contributed by atoms with van der Waals surface area (Å²) in [5.74, 6) is 0. The fourth-order valence-corrected chi connectivity index (χ4v) is 5.44. The predicted octanol–water partition coefficient (Wildman–Crippen LogP) is 7.23. The van der Waals surface area contributed by atoms with Gasteiger partial charge in [-0.1, -0.05) is 61.9 Å². The molecule has 5 heteroatoms. The Morgan fingerprint density at radius 2 is 1.61 bits per heavy atom. The van der Waals surface area contributed by atoms with Crippen molar-refractivity contribution in [1.82, 2.24) is 4.90 Å². The van der Waals surface area contributed by atoms with Gasteiger partial charge in [-0.3, -0.25) is 4.90 Å². The van der Waals surface area contributed by atoms with E-state index < -0.39 is 11.7 Å². The van der Waals surface area contributed by atoms with Crippen molar-refractivity contribution in [3.8, 4) is 0 Å². The summed E-state index contributed by atoms with van der Waals surface area (Å²) in [7, 11) is 0. The minimum Gasteiger partial charge on any atom is -0.365 e. The van der Waals surface area contributed by atoms with Crippen molar-refractivity contribution >= 4 is 0 Å². The first-order chi connectivity index (χ1) is 15.5. The quantitative estimate of drug-likeness (QED) is 0.439. The lowest BCUT2D eigenvalue weighted by Crippen LogP contribution is -2.48. The summed E-state index contributed by atoms with van der Waals surface area (Å²) in [5.41, 5.74) is 3.80. The first kappa shape index (κ1) is 24.0. The van der Waals surface area contributed by atoms with Gasteiger partial charge < -0.3 is 4.74 Å². The van der Waals surface area contributed by atoms with E-state index in [0.29, 0.717) is 6.61 Å². The summed E-state index contributed by atoms with van der Waals surface area (Å²) in [6, 6.07) is 14.4. The van der Waals surface area contributed by atoms with Gasteiger partial charge >= 0.3 is 6.18 Å². The maximum Gasteiger partial charge on any atom is 0.416 e. The molecule has 2 aliphatic heterocycles. The highest BCUT2D eigenvalue weighted by Crippen LogP contribution is 2.45. The van der Waals surface area contributed by atoms with Crippen LogP contribution in [0.15, 0.2) is 60.2 Å². The second-order valence-electron chi connectivity index (χ2n) is 10.5. The van der Waals surface area contributed by atoms with Crippen LogP contribution in [0.5, 0.6) is 0 Å². The molecule has 0 bridgehead atoms. The molecule has 178 valence electrons. The molecule has 1 unspecified atom stereocenters. The Bertz CT molecular complexity index is 995. The predicted molar refractivity (Wildman–Crippen MR) is 126 cm³/mol. The number of allylic oxidation sites excluding steroid dienone is 1. The smallest absolute Gasteiger partial charge is 0.365 e. The third kappa shape index (κ3) is 5.04. The minimum absolute atomic E-state index is 0.175. The molecule has 2 nitrogen and oxygen atoms in total. The van der Waals surface area contributed by atoms with Crippen LogP contribution < -0.4 is 0 Å². The fourth-order valence-electron chi connectivity index (χ4n) is 5.44. The third-order valence-electron chi connectivity index (χ3n) is 7.33. The maximum atomic E-state index is 13.0. The van der Waals surface area contributed by atoms with Gasteiger partial charge in [0, 0.05) is 19.1 Å². The number of alkyl halides is 3. The summed E-state index contributed by atoms with van der Waals surface area (Å²) in [5, 5.41) is 0. The number of piperidine rings is 1. The molecule has 2 aliphatic rings. The van der Waals surface area contributed by atoms with Gasteiger partial charge in [-0.25, -0.2) is 0 Å². The normalized spacial score (nSPS) is 19.4. The van der Waals surface area contributed by atoms with Crippen molar-refractivity contribution in [3.63, 3.8) is 0 Å². The van der Waals surface area contributed by atoms with E-state index in [0.717, 1.165) is 37.9 Å². The molecule has 0 aliphatic carbocycles. The molecule has 4 rings (SSSR count). The fraction of sp³-hybridized carbons (Fsp3) is 0.500. The second kappa shape index (κ2) is 8.92. The largest absolute Gasteiger partial charge is 0.416 e. The molecule has 0 saturated carbocycles. The topological polar surface area (TPSA) is 12.5 Å². The third-order valence-corrected chi connectivity index (χ3v) is 7.33. The van der Waals surface area contributed by atoms with E-state index >= 15 is 0 Å². The number of hydrogen-bond donors (Lipinski definition) is 0. The number of halogens is 3. The Balaban J connectivity index is 1.50. The van der Waals surface area contributed by atoms with Gasteiger partial charge in [-0.15, -0.1) is 0 Å². The molecule has 0 radical (unpaired) electrons. The second-order valence-corrected chi connectivity index (χ2v) is 10.5. The van der Waals surface area contributed by atoms with Gasteiger partial charge in [0.25, 0.3) is 0 Å². The first-order valence-corrected chi connectivity index (χ1v) is 11.8. The van der Waals surface area contributed by atoms with Crippen molar-refractivity contribution in [2.45, 2.75) is 76.8 Å². The van der Waals surface area contributed by atoms with Crippen molar-refractivity contribution in [3.05, 3.63) is 82.4 Å². The Labute approximate surface area is 195 Å². The molecule has 1 saturated heterocycles. The molecule has 2 heterocycles. The molecule has 33 heavy (non-hydrogen) atoms. The van der Waals surface area contributed by atoms with Crippen LogP contribution in [-0.2, 0) is 28.5 Å². The van der Waals surface area contributed by atoms with Crippen LogP contribution in [0.1, 0.15) is 69.2 Å². The highest BCUT2D eigenvalue weighted by atomic mass is 19.4. The zero-order valence-corrected chi connectivity index (χ0v) is 20.0. The lowest BCUT2D eigenvalue weighted by molar-refractivity contribution is -0.137. The molecular formula is C28H34F3NO. The Kier molecular flexibility index (Phi) is 6.49. The number of nitrogens with zero attached hydrogens (tertiary/aromatic N) is 1. The lowest BCUT2D eigenvalue weighted by Gasteiger charge is -2.44. The molecule has 0 aromatic heterocycles. The van der Waals surface area contributed by atoms with Crippen LogP contribution in [0, 0.1) is 0 Å². The maximum absolute atomic E-state index is 13.0. The lowest BCUT2D eigenvalue weighted by atomic mass is 9.77. The van der Waals surface area contributed by atoms with E-state index in [9.17, 15) is 13.2 Å². The van der Waals surface area contributed by atoms with Crippen molar-refractivity contribution in [2.24, 2.45) is 0 Å². The van der Waals surface area contributed by atoms with Crippen molar-refractivity contribution < 1.29 is 17.9 Å². The standard InChI is InChI=1S/C28H34F3NO/c1-20(2)17-24(18-26(3,4)22-9-11-23(12-10-22)28(29,30)31)32-15-13-27(14-16-32)25-8-6-5-7-21(25)19-33-27/h5-12,17,24H,13-16,18-19H2,1-4H3. The first-order valence-electron chi connectivity index (χ1n) is 11.8. The average Bonchev–Trinajstić information content (AvgIpc) is 3.11. The van der Waals surface area contributed by atoms with E-state index in [1.54, 1.807) is 12.1 Å². The van der Waals surface area contributed by atoms with Crippen LogP contribution >= 0.6 is 0 Å². The van der Waals surface area contributed by atoms with Crippen LogP contribution in [0.2, 0.25) is 0 Å². The molecule has 1 atom stereocenters. The molecule has 0 N–H and O–H groups in total. The van der Waals surface area contributed by atoms with Gasteiger partial charge in [0.15, 0.2) is 0 Å². The number of ether oxygens (including phenoxy) is 1. The Morgan fingerprint density at radius 3 is 2.21 bits per heavy atom. The van der Waals surface area contributed by atoms with Crippen LogP contribution in [0.25, 0.3) is 0 Å². The minimum atomic E-state index is -4.31. The summed E-state index contributed by atoms with van der Waals surface area (Å²) in [4.78, 5) is 2.52. The highest BCUT2D eigenvalue weighted by molar-refractivity contribution is 5.36. The van der Waals surface area contributed by atoms with E-state index in [4.69, 9.17) is 4.74 Å². The summed E-state index contributed by atoms with van der Waals surface area (Å²) >= 11 is 0. The number of hydrogen-bond acceptors (Lipinski definition) is 2. The van der Waals surface area contributed by atoms with Gasteiger partial charge in [0.2, 0.25) is 0 Å². The van der Waals surface area contributed by atoms with Crippen molar-refractivity contribution in [2.75, 3.05) is 13.1 Å². The SMILES string of the molecule is CC(C)=CC(CC(C)(C)c1ccc(C(F)(F)F)cc1)N1CCC2(CC1)OCc1ccccc12. The molecule has 1 fully saturated rings. The molecule has 2 aromatic carbocycles. The van der Waals surface area contributed by atoms with Crippen LogP contribution in [0.3, 0.4) is 0 Å². The monoisotopic (exact) mass is 457 g/mol. The van der Waals surface area contributed by atoms with Gasteiger partial charge in [0.1, 0.15) is 0 Å². The molecule has 2 aromatic rings. The van der Waals surface area contributed by atoms with Gasteiger partial charge in [-0.2, -0.15) is 13.2 Å². The number of benzene rings is 2. The molecule has 0 amide bonds. The van der Waals surface area contributed by atoms with Crippen LogP contribution in [-0.4, -0.2) is 24.0 Å².